The van der Waals surface area contributed by atoms with Crippen LogP contribution in [-0.2, 0) is 6.42 Å². The van der Waals surface area contributed by atoms with Crippen LogP contribution in [0.5, 0.6) is 11.5 Å². The number of amides is 1. The first-order valence-electron chi connectivity index (χ1n) is 10.8. The molecule has 0 unspecified atom stereocenters. The number of methoxy groups -OCH3 is 1. The molecule has 2 heterocycles. The maximum Gasteiger partial charge on any atom is 0.290 e. The van der Waals surface area contributed by atoms with Crippen LogP contribution in [0.2, 0.25) is 0 Å². The van der Waals surface area contributed by atoms with Crippen molar-refractivity contribution >= 4 is 16.9 Å². The fourth-order valence-corrected chi connectivity index (χ4v) is 4.45. The van der Waals surface area contributed by atoms with Crippen molar-refractivity contribution in [3.8, 4) is 11.5 Å². The molecule has 0 bridgehead atoms. The van der Waals surface area contributed by atoms with E-state index in [0.29, 0.717) is 35.1 Å². The molecule has 1 aliphatic rings. The summed E-state index contributed by atoms with van der Waals surface area (Å²) in [4.78, 5) is 28.7. The summed E-state index contributed by atoms with van der Waals surface area (Å²) < 4.78 is 11.2. The minimum Gasteiger partial charge on any atom is -0.508 e. The Kier molecular flexibility index (Phi) is 5.13. The van der Waals surface area contributed by atoms with Gasteiger partial charge in [-0.15, -0.1) is 0 Å². The Balaban J connectivity index is 1.61. The van der Waals surface area contributed by atoms with Gasteiger partial charge in [-0.05, 0) is 60.9 Å². The van der Waals surface area contributed by atoms with E-state index in [1.54, 1.807) is 42.3 Å². The summed E-state index contributed by atoms with van der Waals surface area (Å²) in [7, 11) is 1.62. The topological polar surface area (TPSA) is 80.0 Å². The summed E-state index contributed by atoms with van der Waals surface area (Å²) in [5, 5.41) is 10.5. The van der Waals surface area contributed by atoms with Crippen LogP contribution in [0.1, 0.15) is 38.9 Å². The molecule has 33 heavy (non-hydrogen) atoms. The SMILES string of the molecule is COc1ccc(CCN2C(=O)c3oc4ccc(C)cc4c(=O)c3[C@H]2c2cccc(O)c2)cc1. The maximum absolute atomic E-state index is 13.6. The van der Waals surface area contributed by atoms with E-state index in [2.05, 4.69) is 0 Å². The molecule has 6 nitrogen and oxygen atoms in total. The second-order valence-corrected chi connectivity index (χ2v) is 8.27. The highest BCUT2D eigenvalue weighted by atomic mass is 16.5. The molecule has 1 aromatic heterocycles. The minimum atomic E-state index is -0.640. The summed E-state index contributed by atoms with van der Waals surface area (Å²) in [5.74, 6) is 0.577. The van der Waals surface area contributed by atoms with E-state index < -0.39 is 6.04 Å². The number of benzene rings is 3. The normalized spacial score (nSPS) is 15.2. The average molecular weight is 441 g/mol. The lowest BCUT2D eigenvalue weighted by molar-refractivity contribution is 0.0730. The summed E-state index contributed by atoms with van der Waals surface area (Å²) in [6, 6.07) is 19.1. The number of hydrogen-bond acceptors (Lipinski definition) is 5. The number of phenolic OH excluding ortho intramolecular Hbond substituents is 1. The molecule has 0 aliphatic carbocycles. The van der Waals surface area contributed by atoms with E-state index in [0.717, 1.165) is 16.9 Å². The van der Waals surface area contributed by atoms with Crippen LogP contribution >= 0.6 is 0 Å². The molecule has 3 aromatic carbocycles. The summed E-state index contributed by atoms with van der Waals surface area (Å²) in [5.41, 5.74) is 3.13. The van der Waals surface area contributed by atoms with Crippen LogP contribution in [0.15, 0.2) is 75.9 Å². The number of rotatable bonds is 5. The molecular formula is C27H23NO5. The zero-order chi connectivity index (χ0) is 23.1. The Morgan fingerprint density at radius 1 is 1.03 bits per heavy atom. The molecule has 0 spiro atoms. The van der Waals surface area contributed by atoms with Gasteiger partial charge >= 0.3 is 0 Å². The molecule has 0 saturated heterocycles. The first-order valence-corrected chi connectivity index (χ1v) is 10.8. The molecule has 1 amide bonds. The van der Waals surface area contributed by atoms with Gasteiger partial charge in [-0.3, -0.25) is 9.59 Å². The zero-order valence-corrected chi connectivity index (χ0v) is 18.4. The van der Waals surface area contributed by atoms with Crippen molar-refractivity contribution < 1.29 is 19.1 Å². The standard InChI is InChI=1S/C27H23NO5/c1-16-6-11-22-21(14-16)25(30)23-24(18-4-3-5-19(29)15-18)28(27(31)26(23)33-22)13-12-17-7-9-20(32-2)10-8-17/h3-11,14-15,24,29H,12-13H2,1-2H3/t24-/m1/s1. The molecule has 166 valence electrons. The van der Waals surface area contributed by atoms with Crippen molar-refractivity contribution in [2.75, 3.05) is 13.7 Å². The van der Waals surface area contributed by atoms with Gasteiger partial charge in [0.2, 0.25) is 5.76 Å². The predicted molar refractivity (Wildman–Crippen MR) is 125 cm³/mol. The number of hydrogen-bond donors (Lipinski definition) is 1. The van der Waals surface area contributed by atoms with E-state index in [1.165, 1.54) is 0 Å². The van der Waals surface area contributed by atoms with Gasteiger partial charge < -0.3 is 19.2 Å². The lowest BCUT2D eigenvalue weighted by atomic mass is 9.97. The monoisotopic (exact) mass is 441 g/mol. The predicted octanol–water partition coefficient (Wildman–Crippen LogP) is 4.60. The number of carbonyl (C=O) groups is 1. The van der Waals surface area contributed by atoms with Crippen molar-refractivity contribution in [2.45, 2.75) is 19.4 Å². The van der Waals surface area contributed by atoms with Crippen molar-refractivity contribution in [3.05, 3.63) is 105 Å². The van der Waals surface area contributed by atoms with Gasteiger partial charge in [0.1, 0.15) is 17.1 Å². The molecule has 0 saturated carbocycles. The minimum absolute atomic E-state index is 0.0689. The molecular weight excluding hydrogens is 418 g/mol. The number of ether oxygens (including phenoxy) is 1. The van der Waals surface area contributed by atoms with Gasteiger partial charge in [-0.2, -0.15) is 0 Å². The van der Waals surface area contributed by atoms with Gasteiger partial charge in [0, 0.05) is 6.54 Å². The fourth-order valence-electron chi connectivity index (χ4n) is 4.45. The van der Waals surface area contributed by atoms with Gasteiger partial charge in [0.25, 0.3) is 5.91 Å². The highest BCUT2D eigenvalue weighted by Gasteiger charge is 2.42. The Hall–Kier alpha value is -4.06. The average Bonchev–Trinajstić information content (AvgIpc) is 3.10. The summed E-state index contributed by atoms with van der Waals surface area (Å²) in [6.45, 7) is 2.29. The maximum atomic E-state index is 13.6. The molecule has 1 atom stereocenters. The number of fused-ring (bicyclic) bond motifs is 2. The molecule has 6 heteroatoms. The zero-order valence-electron chi connectivity index (χ0n) is 18.4. The summed E-state index contributed by atoms with van der Waals surface area (Å²) in [6.07, 6.45) is 0.589. The molecule has 0 radical (unpaired) electrons. The van der Waals surface area contributed by atoms with E-state index in [-0.39, 0.29) is 22.8 Å². The Morgan fingerprint density at radius 3 is 2.55 bits per heavy atom. The van der Waals surface area contributed by atoms with E-state index >= 15 is 0 Å². The lowest BCUT2D eigenvalue weighted by Gasteiger charge is -2.25. The summed E-state index contributed by atoms with van der Waals surface area (Å²) >= 11 is 0. The molecule has 1 N–H and O–H groups in total. The third kappa shape index (κ3) is 3.63. The van der Waals surface area contributed by atoms with Gasteiger partial charge in [-0.25, -0.2) is 0 Å². The highest BCUT2D eigenvalue weighted by Crippen LogP contribution is 2.39. The van der Waals surface area contributed by atoms with Crippen LogP contribution in [0.25, 0.3) is 11.0 Å². The molecule has 0 fully saturated rings. The number of nitrogens with zero attached hydrogens (tertiary/aromatic N) is 1. The van der Waals surface area contributed by atoms with Crippen LogP contribution in [0, 0.1) is 6.92 Å². The number of phenols is 1. The van der Waals surface area contributed by atoms with Crippen molar-refractivity contribution in [1.82, 2.24) is 4.90 Å². The quantitative estimate of drug-likeness (QED) is 0.490. The number of aromatic hydroxyl groups is 1. The smallest absolute Gasteiger partial charge is 0.290 e. The lowest BCUT2D eigenvalue weighted by Crippen LogP contribution is -2.31. The largest absolute Gasteiger partial charge is 0.508 e. The Labute approximate surface area is 190 Å². The van der Waals surface area contributed by atoms with E-state index in [4.69, 9.17) is 9.15 Å². The van der Waals surface area contributed by atoms with Gasteiger partial charge in [-0.1, -0.05) is 35.9 Å². The first kappa shape index (κ1) is 20.8. The third-order valence-corrected chi connectivity index (χ3v) is 6.11. The molecule has 4 aromatic rings. The van der Waals surface area contributed by atoms with Crippen molar-refractivity contribution in [2.24, 2.45) is 0 Å². The third-order valence-electron chi connectivity index (χ3n) is 6.11. The van der Waals surface area contributed by atoms with E-state index in [1.807, 2.05) is 43.3 Å². The van der Waals surface area contributed by atoms with Crippen LogP contribution < -0.4 is 10.2 Å². The van der Waals surface area contributed by atoms with Gasteiger partial charge in [0.15, 0.2) is 5.43 Å². The van der Waals surface area contributed by atoms with Crippen LogP contribution in [-0.4, -0.2) is 29.6 Å². The van der Waals surface area contributed by atoms with Crippen molar-refractivity contribution in [1.29, 1.82) is 0 Å². The van der Waals surface area contributed by atoms with Crippen LogP contribution in [0.4, 0.5) is 0 Å². The van der Waals surface area contributed by atoms with Crippen LogP contribution in [0.3, 0.4) is 0 Å². The number of aryl methyl sites for hydroxylation is 1. The second-order valence-electron chi connectivity index (χ2n) is 8.27. The number of carbonyl (C=O) groups excluding carboxylic acids is 1. The van der Waals surface area contributed by atoms with E-state index in [9.17, 15) is 14.7 Å². The Morgan fingerprint density at radius 2 is 1.82 bits per heavy atom. The van der Waals surface area contributed by atoms with Gasteiger partial charge in [0.05, 0.1) is 24.1 Å². The second kappa shape index (κ2) is 8.13. The molecule has 1 aliphatic heterocycles. The highest BCUT2D eigenvalue weighted by molar-refractivity contribution is 5.99. The van der Waals surface area contributed by atoms with Crippen molar-refractivity contribution in [3.63, 3.8) is 0 Å². The fraction of sp³-hybridized carbons (Fsp3) is 0.185. The Bertz CT molecular complexity index is 1420. The first-order chi connectivity index (χ1) is 16.0. The molecule has 5 rings (SSSR count).